The number of aldehydes is 1. The number of amides is 1. The molecule has 0 N–H and O–H groups in total. The van der Waals surface area contributed by atoms with Crippen LogP contribution in [0.5, 0.6) is 0 Å². The predicted octanol–water partition coefficient (Wildman–Crippen LogP) is 6.81. The lowest BCUT2D eigenvalue weighted by Crippen LogP contribution is -2.32. The van der Waals surface area contributed by atoms with Crippen LogP contribution in [0.15, 0.2) is 0 Å². The summed E-state index contributed by atoms with van der Waals surface area (Å²) in [6.07, 6.45) is 15.7. The van der Waals surface area contributed by atoms with Crippen molar-refractivity contribution in [3.8, 4) is 0 Å². The van der Waals surface area contributed by atoms with Crippen LogP contribution in [-0.2, 0) is 19.1 Å². The van der Waals surface area contributed by atoms with Crippen LogP contribution in [0.1, 0.15) is 104 Å². The highest BCUT2D eigenvalue weighted by atomic mass is 32.2. The fourth-order valence-electron chi connectivity index (χ4n) is 3.88. The number of unbranched alkanes of at least 4 members (excludes halogenated alkanes) is 9. The SMILES string of the molecule is CCCCCCCCCCCCSC(=S)SC(CC(C)(C)C=O)C(=O)OCCN1CCCC1=O. The van der Waals surface area contributed by atoms with E-state index in [4.69, 9.17) is 17.0 Å². The van der Waals surface area contributed by atoms with E-state index in [1.165, 1.54) is 69.5 Å². The minimum atomic E-state index is -0.627. The van der Waals surface area contributed by atoms with Gasteiger partial charge in [-0.2, -0.15) is 0 Å². The maximum absolute atomic E-state index is 12.8. The van der Waals surface area contributed by atoms with Crippen molar-refractivity contribution < 1.29 is 19.1 Å². The lowest BCUT2D eigenvalue weighted by atomic mass is 9.89. The number of hydrogen-bond donors (Lipinski definition) is 0. The molecule has 0 spiro atoms. The number of carbonyl (C=O) groups excluding carboxylic acids is 3. The van der Waals surface area contributed by atoms with Crippen molar-refractivity contribution in [3.05, 3.63) is 0 Å². The standard InChI is InChI=1S/C26H45NO4S3/c1-4-5-6-7-8-9-10-11-12-13-19-33-25(32)34-22(20-26(2,3)21-28)24(30)31-18-17-27-16-14-15-23(27)29/h21-22H,4-20H2,1-3H3. The third kappa shape index (κ3) is 14.7. The van der Waals surface area contributed by atoms with Gasteiger partial charge in [-0.05, 0) is 25.0 Å². The Morgan fingerprint density at radius 3 is 2.29 bits per heavy atom. The van der Waals surface area contributed by atoms with Gasteiger partial charge in [0.1, 0.15) is 21.7 Å². The van der Waals surface area contributed by atoms with E-state index < -0.39 is 10.7 Å². The topological polar surface area (TPSA) is 63.7 Å². The van der Waals surface area contributed by atoms with E-state index in [2.05, 4.69) is 6.92 Å². The second-order valence-electron chi connectivity index (χ2n) is 9.85. The summed E-state index contributed by atoms with van der Waals surface area (Å²) >= 11 is 8.50. The van der Waals surface area contributed by atoms with E-state index in [0.717, 1.165) is 35.0 Å². The molecule has 1 aliphatic rings. The Labute approximate surface area is 221 Å². The van der Waals surface area contributed by atoms with Crippen LogP contribution in [0.4, 0.5) is 0 Å². The maximum atomic E-state index is 12.8. The van der Waals surface area contributed by atoms with Gasteiger partial charge in [0.05, 0.1) is 6.54 Å². The largest absolute Gasteiger partial charge is 0.463 e. The van der Waals surface area contributed by atoms with Crippen LogP contribution in [0.2, 0.25) is 0 Å². The molecule has 0 aromatic heterocycles. The highest BCUT2D eigenvalue weighted by Gasteiger charge is 2.31. The Morgan fingerprint density at radius 2 is 1.74 bits per heavy atom. The summed E-state index contributed by atoms with van der Waals surface area (Å²) in [5.74, 6) is 0.722. The van der Waals surface area contributed by atoms with Crippen LogP contribution in [0.25, 0.3) is 0 Å². The summed E-state index contributed by atoms with van der Waals surface area (Å²) in [5.41, 5.74) is -0.627. The van der Waals surface area contributed by atoms with Crippen molar-refractivity contribution in [2.45, 2.75) is 109 Å². The third-order valence-electron chi connectivity index (χ3n) is 6.03. The number of hydrogen-bond acceptors (Lipinski definition) is 7. The second kappa shape index (κ2) is 18.6. The molecule has 0 bridgehead atoms. The summed E-state index contributed by atoms with van der Waals surface area (Å²) in [7, 11) is 0. The van der Waals surface area contributed by atoms with Crippen LogP contribution in [-0.4, -0.2) is 57.3 Å². The highest BCUT2D eigenvalue weighted by Crippen LogP contribution is 2.32. The average molecular weight is 532 g/mol. The fraction of sp³-hybridized carbons (Fsp3) is 0.846. The van der Waals surface area contributed by atoms with Crippen LogP contribution in [0, 0.1) is 5.41 Å². The smallest absolute Gasteiger partial charge is 0.319 e. The van der Waals surface area contributed by atoms with E-state index in [-0.39, 0.29) is 18.5 Å². The molecule has 1 fully saturated rings. The van der Waals surface area contributed by atoms with Gasteiger partial charge < -0.3 is 14.4 Å². The first-order valence-corrected chi connectivity index (χ1v) is 15.3. The summed E-state index contributed by atoms with van der Waals surface area (Å²) in [6.45, 7) is 7.24. The lowest BCUT2D eigenvalue weighted by molar-refractivity contribution is -0.145. The zero-order valence-electron chi connectivity index (χ0n) is 21.5. The number of thiocarbonyl (C=S) groups is 1. The summed E-state index contributed by atoms with van der Waals surface area (Å²) in [6, 6.07) is 0. The summed E-state index contributed by atoms with van der Waals surface area (Å²) in [4.78, 5) is 37.7. The number of carbonyl (C=O) groups is 3. The van der Waals surface area contributed by atoms with Crippen molar-refractivity contribution in [2.75, 3.05) is 25.4 Å². The molecule has 1 saturated heterocycles. The highest BCUT2D eigenvalue weighted by molar-refractivity contribution is 8.47. The normalized spacial score (nSPS) is 14.9. The van der Waals surface area contributed by atoms with Crippen molar-refractivity contribution >= 4 is 57.4 Å². The maximum Gasteiger partial charge on any atom is 0.319 e. The Bertz CT molecular complexity index is 627. The molecule has 1 amide bonds. The van der Waals surface area contributed by atoms with Gasteiger partial charge in [-0.25, -0.2) is 0 Å². The second-order valence-corrected chi connectivity index (χ2v) is 13.4. The molecule has 0 aliphatic carbocycles. The summed E-state index contributed by atoms with van der Waals surface area (Å²) < 4.78 is 6.21. The molecule has 8 heteroatoms. The van der Waals surface area contributed by atoms with E-state index in [0.29, 0.717) is 19.4 Å². The molecule has 0 saturated carbocycles. The van der Waals surface area contributed by atoms with Crippen molar-refractivity contribution in [2.24, 2.45) is 5.41 Å². The molecule has 0 radical (unpaired) electrons. The Morgan fingerprint density at radius 1 is 1.12 bits per heavy atom. The Hall–Kier alpha value is -0.600. The molecular weight excluding hydrogens is 486 g/mol. The molecular formula is C26H45NO4S3. The molecule has 1 atom stereocenters. The average Bonchev–Trinajstić information content (AvgIpc) is 3.21. The number of esters is 1. The zero-order chi connectivity index (χ0) is 25.2. The molecule has 1 unspecified atom stereocenters. The molecule has 34 heavy (non-hydrogen) atoms. The zero-order valence-corrected chi connectivity index (χ0v) is 23.9. The molecule has 1 rings (SSSR count). The van der Waals surface area contributed by atoms with Gasteiger partial charge in [0, 0.05) is 18.4 Å². The molecule has 5 nitrogen and oxygen atoms in total. The van der Waals surface area contributed by atoms with Gasteiger partial charge in [0.2, 0.25) is 5.91 Å². The molecule has 196 valence electrons. The first kappa shape index (κ1) is 31.4. The third-order valence-corrected chi connectivity index (χ3v) is 8.88. The number of rotatable bonds is 19. The first-order valence-electron chi connectivity index (χ1n) is 13.0. The Balaban J connectivity index is 2.29. The number of ether oxygens (including phenoxy) is 1. The van der Waals surface area contributed by atoms with Gasteiger partial charge >= 0.3 is 5.97 Å². The number of thioether (sulfide) groups is 2. The molecule has 1 aliphatic heterocycles. The Kier molecular flexibility index (Phi) is 17.2. The number of likely N-dealkylation sites (tertiary alicyclic amines) is 1. The van der Waals surface area contributed by atoms with Gasteiger partial charge in [-0.1, -0.05) is 103 Å². The molecule has 0 aromatic rings. The van der Waals surface area contributed by atoms with Crippen molar-refractivity contribution in [1.82, 2.24) is 4.90 Å². The van der Waals surface area contributed by atoms with Crippen molar-refractivity contribution in [3.63, 3.8) is 0 Å². The first-order chi connectivity index (χ1) is 16.3. The molecule has 1 heterocycles. The van der Waals surface area contributed by atoms with Gasteiger partial charge in [0.25, 0.3) is 0 Å². The van der Waals surface area contributed by atoms with E-state index in [9.17, 15) is 14.4 Å². The quantitative estimate of drug-likeness (QED) is 0.0785. The summed E-state index contributed by atoms with van der Waals surface area (Å²) in [5, 5.41) is -0.512. The van der Waals surface area contributed by atoms with Crippen molar-refractivity contribution in [1.29, 1.82) is 0 Å². The van der Waals surface area contributed by atoms with E-state index >= 15 is 0 Å². The van der Waals surface area contributed by atoms with Crippen LogP contribution in [0.3, 0.4) is 0 Å². The number of nitrogens with zero attached hydrogens (tertiary/aromatic N) is 1. The van der Waals surface area contributed by atoms with Crippen LogP contribution < -0.4 is 0 Å². The molecule has 0 aromatic carbocycles. The van der Waals surface area contributed by atoms with Gasteiger partial charge in [0.15, 0.2) is 0 Å². The predicted molar refractivity (Wildman–Crippen MR) is 150 cm³/mol. The van der Waals surface area contributed by atoms with Gasteiger partial charge in [-0.15, -0.1) is 11.8 Å². The van der Waals surface area contributed by atoms with E-state index in [1.54, 1.807) is 16.7 Å². The lowest BCUT2D eigenvalue weighted by Gasteiger charge is -2.24. The minimum Gasteiger partial charge on any atom is -0.463 e. The van der Waals surface area contributed by atoms with Gasteiger partial charge in [-0.3, -0.25) is 9.59 Å². The van der Waals surface area contributed by atoms with Crippen LogP contribution >= 0.6 is 35.7 Å². The monoisotopic (exact) mass is 531 g/mol. The fourth-order valence-corrected chi connectivity index (χ4v) is 6.78. The van der Waals surface area contributed by atoms with E-state index in [1.807, 2.05) is 13.8 Å². The minimum absolute atomic E-state index is 0.119.